The van der Waals surface area contributed by atoms with Crippen LogP contribution in [0.4, 0.5) is 5.69 Å². The van der Waals surface area contributed by atoms with Crippen LogP contribution >= 0.6 is 0 Å². The van der Waals surface area contributed by atoms with Crippen molar-refractivity contribution in [2.24, 2.45) is 0 Å². The molecule has 0 saturated carbocycles. The number of para-hydroxylation sites is 2. The lowest BCUT2D eigenvalue weighted by Crippen LogP contribution is -2.31. The minimum atomic E-state index is -0.634. The number of ether oxygens (including phenoxy) is 3. The largest absolute Gasteiger partial charge is 0.480 e. The lowest BCUT2D eigenvalue weighted by Gasteiger charge is -2.09. The van der Waals surface area contributed by atoms with Crippen LogP contribution in [-0.4, -0.2) is 45.4 Å². The van der Waals surface area contributed by atoms with Crippen LogP contribution in [0.25, 0.3) is 0 Å². The summed E-state index contributed by atoms with van der Waals surface area (Å²) in [4.78, 5) is 22.8. The quantitative estimate of drug-likeness (QED) is 0.387. The Morgan fingerprint density at radius 3 is 2.71 bits per heavy atom. The summed E-state index contributed by atoms with van der Waals surface area (Å²) in [7, 11) is 1.59. The number of benzene rings is 1. The molecule has 0 aliphatic heterocycles. The van der Waals surface area contributed by atoms with Crippen LogP contribution in [0, 0.1) is 0 Å². The number of carbonyl (C=O) groups excluding carboxylic acids is 2. The molecule has 0 atom stereocenters. The van der Waals surface area contributed by atoms with Crippen LogP contribution in [0.2, 0.25) is 0 Å². The van der Waals surface area contributed by atoms with Gasteiger partial charge in [0.2, 0.25) is 0 Å². The van der Waals surface area contributed by atoms with E-state index in [2.05, 4.69) is 5.32 Å². The van der Waals surface area contributed by atoms with Gasteiger partial charge < -0.3 is 25.3 Å². The molecule has 0 heterocycles. The first-order valence-corrected chi connectivity index (χ1v) is 6.52. The Kier molecular flexibility index (Phi) is 7.67. The molecule has 0 bridgehead atoms. The van der Waals surface area contributed by atoms with Crippen molar-refractivity contribution in [1.82, 2.24) is 5.32 Å². The third-order valence-electron chi connectivity index (χ3n) is 2.48. The second-order valence-electron chi connectivity index (χ2n) is 4.18. The summed E-state index contributed by atoms with van der Waals surface area (Å²) in [5.41, 5.74) is 6.09. The summed E-state index contributed by atoms with van der Waals surface area (Å²) in [5, 5.41) is 2.60. The third kappa shape index (κ3) is 7.17. The Morgan fingerprint density at radius 2 is 2.00 bits per heavy atom. The molecule has 0 unspecified atom stereocenters. The summed E-state index contributed by atoms with van der Waals surface area (Å²) in [6.07, 6.45) is 0.701. The van der Waals surface area contributed by atoms with Gasteiger partial charge in [0.05, 0.1) is 5.69 Å². The fourth-order valence-electron chi connectivity index (χ4n) is 1.43. The molecule has 3 N–H and O–H groups in total. The number of hydrogen-bond donors (Lipinski definition) is 2. The monoisotopic (exact) mass is 296 g/mol. The average Bonchev–Trinajstić information content (AvgIpc) is 2.48. The van der Waals surface area contributed by atoms with Crippen LogP contribution in [0.5, 0.6) is 5.75 Å². The number of rotatable bonds is 9. The number of nitrogens with two attached hydrogens (primary N) is 1. The molecule has 0 aliphatic carbocycles. The zero-order chi connectivity index (χ0) is 15.5. The van der Waals surface area contributed by atoms with E-state index in [9.17, 15) is 9.59 Å². The first-order chi connectivity index (χ1) is 10.1. The van der Waals surface area contributed by atoms with E-state index >= 15 is 0 Å². The van der Waals surface area contributed by atoms with Gasteiger partial charge in [0.25, 0.3) is 5.91 Å². The topological polar surface area (TPSA) is 99.9 Å². The molecule has 0 saturated heterocycles. The van der Waals surface area contributed by atoms with Crippen LogP contribution in [-0.2, 0) is 19.1 Å². The van der Waals surface area contributed by atoms with E-state index in [1.165, 1.54) is 0 Å². The van der Waals surface area contributed by atoms with E-state index in [0.29, 0.717) is 31.0 Å². The SMILES string of the molecule is COCCCNC(=O)COC(=O)COc1ccccc1N. The Balaban J connectivity index is 2.16. The third-order valence-corrected chi connectivity index (χ3v) is 2.48. The number of hydrogen-bond acceptors (Lipinski definition) is 6. The number of nitrogen functional groups attached to an aromatic ring is 1. The van der Waals surface area contributed by atoms with Crippen LogP contribution < -0.4 is 15.8 Å². The van der Waals surface area contributed by atoms with E-state index in [1.54, 1.807) is 31.4 Å². The summed E-state index contributed by atoms with van der Waals surface area (Å²) >= 11 is 0. The van der Waals surface area contributed by atoms with Gasteiger partial charge in [-0.3, -0.25) is 4.79 Å². The van der Waals surface area contributed by atoms with E-state index in [1.807, 2.05) is 0 Å². The Morgan fingerprint density at radius 1 is 1.24 bits per heavy atom. The second kappa shape index (κ2) is 9.60. The average molecular weight is 296 g/mol. The van der Waals surface area contributed by atoms with E-state index < -0.39 is 5.97 Å². The predicted octanol–water partition coefficient (Wildman–Crippen LogP) is 0.344. The van der Waals surface area contributed by atoms with Crippen molar-refractivity contribution in [2.75, 3.05) is 39.2 Å². The van der Waals surface area contributed by atoms with Crippen molar-refractivity contribution in [3.05, 3.63) is 24.3 Å². The maximum absolute atomic E-state index is 11.4. The van der Waals surface area contributed by atoms with Gasteiger partial charge >= 0.3 is 5.97 Å². The molecule has 7 nitrogen and oxygen atoms in total. The van der Waals surface area contributed by atoms with E-state index in [4.69, 9.17) is 19.9 Å². The first-order valence-electron chi connectivity index (χ1n) is 6.52. The second-order valence-corrected chi connectivity index (χ2v) is 4.18. The maximum Gasteiger partial charge on any atom is 0.344 e. The molecule has 116 valence electrons. The minimum absolute atomic E-state index is 0.300. The van der Waals surface area contributed by atoms with E-state index in [-0.39, 0.29) is 19.1 Å². The molecule has 1 amide bonds. The predicted molar refractivity (Wildman–Crippen MR) is 76.8 cm³/mol. The lowest BCUT2D eigenvalue weighted by molar-refractivity contribution is -0.150. The summed E-state index contributed by atoms with van der Waals surface area (Å²) in [5.74, 6) is -0.595. The van der Waals surface area contributed by atoms with Crippen molar-refractivity contribution < 1.29 is 23.8 Å². The highest BCUT2D eigenvalue weighted by Gasteiger charge is 2.09. The fourth-order valence-corrected chi connectivity index (χ4v) is 1.43. The smallest absolute Gasteiger partial charge is 0.344 e. The summed E-state index contributed by atoms with van der Waals surface area (Å²) < 4.78 is 14.8. The van der Waals surface area contributed by atoms with Gasteiger partial charge in [-0.2, -0.15) is 0 Å². The number of amides is 1. The normalized spacial score (nSPS) is 9.95. The molecule has 0 aromatic heterocycles. The van der Waals surface area contributed by atoms with Gasteiger partial charge in [0.15, 0.2) is 13.2 Å². The van der Waals surface area contributed by atoms with Gasteiger partial charge in [-0.1, -0.05) is 12.1 Å². The lowest BCUT2D eigenvalue weighted by atomic mass is 10.3. The van der Waals surface area contributed by atoms with Crippen molar-refractivity contribution in [1.29, 1.82) is 0 Å². The highest BCUT2D eigenvalue weighted by Crippen LogP contribution is 2.19. The zero-order valence-electron chi connectivity index (χ0n) is 12.0. The Hall–Kier alpha value is -2.28. The van der Waals surface area contributed by atoms with Gasteiger partial charge in [-0.15, -0.1) is 0 Å². The highest BCUT2D eigenvalue weighted by atomic mass is 16.6. The summed E-state index contributed by atoms with van der Waals surface area (Å²) in [6.45, 7) is 0.401. The molecule has 1 aromatic rings. The standard InChI is InChI=1S/C14H20N2O5/c1-19-8-4-7-16-13(17)9-21-14(18)10-20-12-6-3-2-5-11(12)15/h2-3,5-6H,4,7-10,15H2,1H3,(H,16,17). The highest BCUT2D eigenvalue weighted by molar-refractivity contribution is 5.80. The van der Waals surface area contributed by atoms with Crippen molar-refractivity contribution in [3.8, 4) is 5.75 Å². The molecule has 21 heavy (non-hydrogen) atoms. The van der Waals surface area contributed by atoms with Crippen LogP contribution in [0.1, 0.15) is 6.42 Å². The van der Waals surface area contributed by atoms with E-state index in [0.717, 1.165) is 0 Å². The number of methoxy groups -OCH3 is 1. The number of nitrogens with one attached hydrogen (secondary N) is 1. The van der Waals surface area contributed by atoms with Crippen LogP contribution in [0.15, 0.2) is 24.3 Å². The molecule has 0 fully saturated rings. The molecule has 0 aliphatic rings. The molecular formula is C14H20N2O5. The first kappa shape index (κ1) is 16.8. The molecular weight excluding hydrogens is 276 g/mol. The van der Waals surface area contributed by atoms with Crippen LogP contribution in [0.3, 0.4) is 0 Å². The molecule has 1 rings (SSSR count). The van der Waals surface area contributed by atoms with Crippen molar-refractivity contribution in [2.45, 2.75) is 6.42 Å². The molecule has 1 aromatic carbocycles. The van der Waals surface area contributed by atoms with Crippen molar-refractivity contribution >= 4 is 17.6 Å². The van der Waals surface area contributed by atoms with Gasteiger partial charge in [-0.05, 0) is 18.6 Å². The maximum atomic E-state index is 11.4. The Labute approximate surface area is 123 Å². The molecule has 0 spiro atoms. The van der Waals surface area contributed by atoms with Gasteiger partial charge in [-0.25, -0.2) is 4.79 Å². The van der Waals surface area contributed by atoms with Gasteiger partial charge in [0.1, 0.15) is 5.75 Å². The zero-order valence-corrected chi connectivity index (χ0v) is 12.0. The van der Waals surface area contributed by atoms with Crippen molar-refractivity contribution in [3.63, 3.8) is 0 Å². The Bertz CT molecular complexity index is 464. The number of anilines is 1. The molecule has 7 heteroatoms. The number of esters is 1. The number of carbonyl (C=O) groups is 2. The van der Waals surface area contributed by atoms with Gasteiger partial charge in [0, 0.05) is 20.3 Å². The summed E-state index contributed by atoms with van der Waals surface area (Å²) in [6, 6.07) is 6.80. The minimum Gasteiger partial charge on any atom is -0.480 e. The molecule has 0 radical (unpaired) electrons. The fraction of sp³-hybridized carbons (Fsp3) is 0.429.